The molecule has 2 rings (SSSR count). The van der Waals surface area contributed by atoms with Crippen LogP contribution in [0.1, 0.15) is 45.9 Å². The van der Waals surface area contributed by atoms with Crippen LogP contribution in [0.3, 0.4) is 0 Å². The zero-order valence-corrected chi connectivity index (χ0v) is 12.8. The Balaban J connectivity index is 2.45. The minimum Gasteiger partial charge on any atom is -0.310 e. The van der Waals surface area contributed by atoms with E-state index in [4.69, 9.17) is 0 Å². The first-order valence-electron chi connectivity index (χ1n) is 6.84. The van der Waals surface area contributed by atoms with E-state index in [9.17, 15) is 0 Å². The molecule has 0 fully saturated rings. The highest BCUT2D eigenvalue weighted by molar-refractivity contribution is 5.80. The molecule has 2 aromatic rings. The number of nitrogens with zero attached hydrogens (tertiary/aromatic N) is 3. The molecular formula is C15H24N4. The molecule has 0 atom stereocenters. The fourth-order valence-electron chi connectivity index (χ4n) is 2.16. The molecule has 0 unspecified atom stereocenters. The van der Waals surface area contributed by atoms with Crippen LogP contribution in [0.5, 0.6) is 0 Å². The maximum atomic E-state index is 4.63. The first-order chi connectivity index (χ1) is 8.79. The minimum absolute atomic E-state index is 0.0330. The van der Waals surface area contributed by atoms with E-state index in [0.717, 1.165) is 23.3 Å². The van der Waals surface area contributed by atoms with Crippen LogP contribution in [-0.2, 0) is 19.0 Å². The van der Waals surface area contributed by atoms with Crippen molar-refractivity contribution < 1.29 is 0 Å². The van der Waals surface area contributed by atoms with Gasteiger partial charge >= 0.3 is 0 Å². The van der Waals surface area contributed by atoms with Crippen molar-refractivity contribution >= 4 is 11.0 Å². The van der Waals surface area contributed by atoms with Crippen LogP contribution in [0, 0.1) is 0 Å². The molecule has 4 nitrogen and oxygen atoms in total. The predicted octanol–water partition coefficient (Wildman–Crippen LogP) is 2.76. The lowest BCUT2D eigenvalue weighted by Gasteiger charge is -2.15. The van der Waals surface area contributed by atoms with Crippen molar-refractivity contribution in [3.8, 4) is 0 Å². The summed E-state index contributed by atoms with van der Waals surface area (Å²) in [5, 5.41) is 9.22. The van der Waals surface area contributed by atoms with Crippen molar-refractivity contribution in [2.75, 3.05) is 0 Å². The zero-order chi connectivity index (χ0) is 14.2. The summed E-state index contributed by atoms with van der Waals surface area (Å²) in [7, 11) is 1.95. The molecule has 0 amide bonds. The molecule has 104 valence electrons. The molecule has 0 saturated heterocycles. The number of rotatable bonds is 3. The quantitative estimate of drug-likeness (QED) is 0.922. The van der Waals surface area contributed by atoms with Crippen LogP contribution in [0.15, 0.2) is 12.3 Å². The van der Waals surface area contributed by atoms with Gasteiger partial charge < -0.3 is 5.32 Å². The average molecular weight is 260 g/mol. The van der Waals surface area contributed by atoms with Crippen molar-refractivity contribution in [3.05, 3.63) is 23.5 Å². The Bertz CT molecular complexity index is 576. The number of nitrogens with one attached hydrogen (secondary N) is 1. The number of pyridine rings is 1. The molecule has 0 aliphatic heterocycles. The van der Waals surface area contributed by atoms with E-state index in [1.54, 1.807) is 0 Å². The van der Waals surface area contributed by atoms with Gasteiger partial charge in [-0.15, -0.1) is 0 Å². The summed E-state index contributed by atoms with van der Waals surface area (Å²) in [6, 6.07) is 2.69. The molecule has 0 spiro atoms. The molecule has 19 heavy (non-hydrogen) atoms. The Kier molecular flexibility index (Phi) is 3.63. The molecule has 0 aliphatic carbocycles. The van der Waals surface area contributed by atoms with Gasteiger partial charge in [-0.2, -0.15) is 5.10 Å². The molecule has 0 bridgehead atoms. The first kappa shape index (κ1) is 14.0. The Morgan fingerprint density at radius 2 is 2.00 bits per heavy atom. The number of aromatic nitrogens is 3. The first-order valence-corrected chi connectivity index (χ1v) is 6.84. The smallest absolute Gasteiger partial charge is 0.157 e. The van der Waals surface area contributed by atoms with Crippen molar-refractivity contribution in [1.82, 2.24) is 20.1 Å². The SMILES string of the molecule is CC(C)NCc1cnc2c(c1)c(C(C)(C)C)nn2C. The van der Waals surface area contributed by atoms with Crippen LogP contribution in [-0.4, -0.2) is 20.8 Å². The van der Waals surface area contributed by atoms with Crippen LogP contribution in [0.4, 0.5) is 0 Å². The largest absolute Gasteiger partial charge is 0.310 e. The van der Waals surface area contributed by atoms with E-state index in [1.807, 2.05) is 17.9 Å². The van der Waals surface area contributed by atoms with Crippen molar-refractivity contribution in [2.45, 2.75) is 52.6 Å². The molecule has 0 aromatic carbocycles. The summed E-state index contributed by atoms with van der Waals surface area (Å²) in [5.41, 5.74) is 3.31. The van der Waals surface area contributed by atoms with E-state index in [0.29, 0.717) is 6.04 Å². The number of fused-ring (bicyclic) bond motifs is 1. The van der Waals surface area contributed by atoms with Crippen molar-refractivity contribution in [3.63, 3.8) is 0 Å². The molecule has 1 N–H and O–H groups in total. The van der Waals surface area contributed by atoms with Gasteiger partial charge in [-0.25, -0.2) is 4.98 Å². The van der Waals surface area contributed by atoms with E-state index in [-0.39, 0.29) is 5.41 Å². The van der Waals surface area contributed by atoms with E-state index >= 15 is 0 Å². The Labute approximate surface area is 115 Å². The highest BCUT2D eigenvalue weighted by Crippen LogP contribution is 2.28. The summed E-state index contributed by atoms with van der Waals surface area (Å²) in [4.78, 5) is 4.55. The highest BCUT2D eigenvalue weighted by atomic mass is 15.3. The van der Waals surface area contributed by atoms with Gasteiger partial charge in [0.1, 0.15) is 0 Å². The second-order valence-corrected chi connectivity index (χ2v) is 6.47. The summed E-state index contributed by atoms with van der Waals surface area (Å²) in [6.07, 6.45) is 1.94. The molecule has 0 radical (unpaired) electrons. The lowest BCUT2D eigenvalue weighted by molar-refractivity contribution is 0.557. The van der Waals surface area contributed by atoms with Crippen LogP contribution >= 0.6 is 0 Å². The third-order valence-corrected chi connectivity index (χ3v) is 3.16. The molecule has 2 heterocycles. The maximum Gasteiger partial charge on any atom is 0.157 e. The van der Waals surface area contributed by atoms with Gasteiger partial charge in [0.25, 0.3) is 0 Å². The van der Waals surface area contributed by atoms with Gasteiger partial charge in [-0.1, -0.05) is 34.6 Å². The van der Waals surface area contributed by atoms with Crippen LogP contribution < -0.4 is 5.32 Å². The fraction of sp³-hybridized carbons (Fsp3) is 0.600. The number of hydrogen-bond donors (Lipinski definition) is 1. The van der Waals surface area contributed by atoms with E-state index in [2.05, 4.69) is 56.1 Å². The van der Waals surface area contributed by atoms with Crippen LogP contribution in [0.25, 0.3) is 11.0 Å². The highest BCUT2D eigenvalue weighted by Gasteiger charge is 2.22. The lowest BCUT2D eigenvalue weighted by atomic mass is 9.90. The predicted molar refractivity (Wildman–Crippen MR) is 79.2 cm³/mol. The Hall–Kier alpha value is -1.42. The second-order valence-electron chi connectivity index (χ2n) is 6.47. The molecule has 0 aliphatic rings. The van der Waals surface area contributed by atoms with Gasteiger partial charge in [0.2, 0.25) is 0 Å². The number of aryl methyl sites for hydroxylation is 1. The summed E-state index contributed by atoms with van der Waals surface area (Å²) in [6.45, 7) is 11.7. The van der Waals surface area contributed by atoms with E-state index < -0.39 is 0 Å². The van der Waals surface area contributed by atoms with E-state index in [1.165, 1.54) is 5.56 Å². The topological polar surface area (TPSA) is 42.7 Å². The normalized spacial score (nSPS) is 12.6. The summed E-state index contributed by atoms with van der Waals surface area (Å²) < 4.78 is 1.87. The standard InChI is InChI=1S/C15H24N4/c1-10(2)16-8-11-7-12-13(15(3,4)5)18-19(6)14(12)17-9-11/h7,9-10,16H,8H2,1-6H3. The van der Waals surface area contributed by atoms with Gasteiger partial charge in [0.05, 0.1) is 5.69 Å². The lowest BCUT2D eigenvalue weighted by Crippen LogP contribution is -2.21. The molecule has 2 aromatic heterocycles. The Morgan fingerprint density at radius 1 is 1.32 bits per heavy atom. The van der Waals surface area contributed by atoms with Gasteiger partial charge in [-0.3, -0.25) is 4.68 Å². The van der Waals surface area contributed by atoms with Gasteiger partial charge in [0, 0.05) is 36.6 Å². The van der Waals surface area contributed by atoms with Gasteiger partial charge in [0.15, 0.2) is 5.65 Å². The Morgan fingerprint density at radius 3 is 2.58 bits per heavy atom. The molecule has 0 saturated carbocycles. The second kappa shape index (κ2) is 4.93. The number of hydrogen-bond acceptors (Lipinski definition) is 3. The van der Waals surface area contributed by atoms with Gasteiger partial charge in [-0.05, 0) is 11.6 Å². The molecular weight excluding hydrogens is 236 g/mol. The zero-order valence-electron chi connectivity index (χ0n) is 12.8. The monoisotopic (exact) mass is 260 g/mol. The molecule has 4 heteroatoms. The summed E-state index contributed by atoms with van der Waals surface area (Å²) in [5.74, 6) is 0. The minimum atomic E-state index is 0.0330. The maximum absolute atomic E-state index is 4.63. The van der Waals surface area contributed by atoms with Crippen molar-refractivity contribution in [1.29, 1.82) is 0 Å². The average Bonchev–Trinajstić information content (AvgIpc) is 2.64. The third-order valence-electron chi connectivity index (χ3n) is 3.16. The summed E-state index contributed by atoms with van der Waals surface area (Å²) >= 11 is 0. The third kappa shape index (κ3) is 2.95. The fourth-order valence-corrected chi connectivity index (χ4v) is 2.16. The van der Waals surface area contributed by atoms with Crippen molar-refractivity contribution in [2.24, 2.45) is 7.05 Å². The van der Waals surface area contributed by atoms with Crippen LogP contribution in [0.2, 0.25) is 0 Å².